The first-order chi connectivity index (χ1) is 6.16. The third-order valence-electron chi connectivity index (χ3n) is 1.64. The van der Waals surface area contributed by atoms with Crippen molar-refractivity contribution in [2.24, 2.45) is 0 Å². The second kappa shape index (κ2) is 3.16. The molecule has 0 saturated heterocycles. The van der Waals surface area contributed by atoms with Gasteiger partial charge in [-0.2, -0.15) is 0 Å². The number of hydrogen-bond donors (Lipinski definition) is 1. The number of rotatable bonds is 0. The summed E-state index contributed by atoms with van der Waals surface area (Å²) in [6, 6.07) is 0. The van der Waals surface area contributed by atoms with Gasteiger partial charge in [-0.25, -0.2) is 9.97 Å². The van der Waals surface area contributed by atoms with Gasteiger partial charge in [-0.1, -0.05) is 11.8 Å². The molecule has 1 aromatic rings. The molecule has 1 aromatic heterocycles. The molecule has 0 bridgehead atoms. The molecule has 0 radical (unpaired) electrons. The number of nitrogens with one attached hydrogen (secondary N) is 1. The first-order valence-corrected chi connectivity index (χ1v) is 4.92. The summed E-state index contributed by atoms with van der Waals surface area (Å²) < 4.78 is 0. The standard InChI is InChI=1S/C7H6ClN3OS/c1-3-5(12)10-4-2-9-7(8)11-6(4)13-3/h2-3H,1H3,(H,10,12). The fourth-order valence-electron chi connectivity index (χ4n) is 0.977. The average molecular weight is 216 g/mol. The van der Waals surface area contributed by atoms with Crippen LogP contribution in [0.4, 0.5) is 5.69 Å². The lowest BCUT2D eigenvalue weighted by atomic mass is 10.4. The number of thioether (sulfide) groups is 1. The summed E-state index contributed by atoms with van der Waals surface area (Å²) in [6.07, 6.45) is 1.52. The maximum atomic E-state index is 11.2. The summed E-state index contributed by atoms with van der Waals surface area (Å²) >= 11 is 7.00. The Hall–Kier alpha value is -0.810. The van der Waals surface area contributed by atoms with Crippen LogP contribution in [-0.2, 0) is 4.79 Å². The highest BCUT2D eigenvalue weighted by atomic mass is 35.5. The first kappa shape index (κ1) is 8.77. The van der Waals surface area contributed by atoms with Crippen molar-refractivity contribution in [3.8, 4) is 0 Å². The lowest BCUT2D eigenvalue weighted by Crippen LogP contribution is -2.27. The maximum absolute atomic E-state index is 11.2. The fraction of sp³-hybridized carbons (Fsp3) is 0.286. The molecule has 13 heavy (non-hydrogen) atoms. The third kappa shape index (κ3) is 1.62. The van der Waals surface area contributed by atoms with Gasteiger partial charge in [0.25, 0.3) is 0 Å². The molecule has 1 atom stereocenters. The van der Waals surface area contributed by atoms with E-state index in [1.165, 1.54) is 18.0 Å². The van der Waals surface area contributed by atoms with Crippen LogP contribution >= 0.6 is 23.4 Å². The van der Waals surface area contributed by atoms with Gasteiger partial charge in [0, 0.05) is 0 Å². The van der Waals surface area contributed by atoms with E-state index in [1.54, 1.807) is 0 Å². The van der Waals surface area contributed by atoms with Gasteiger partial charge in [-0.05, 0) is 18.5 Å². The van der Waals surface area contributed by atoms with Gasteiger partial charge in [-0.15, -0.1) is 0 Å². The van der Waals surface area contributed by atoms with Crippen LogP contribution in [0.5, 0.6) is 0 Å². The minimum absolute atomic E-state index is 0.0246. The molecule has 0 aromatic carbocycles. The van der Waals surface area contributed by atoms with E-state index >= 15 is 0 Å². The van der Waals surface area contributed by atoms with Crippen LogP contribution in [0.3, 0.4) is 0 Å². The van der Waals surface area contributed by atoms with Crippen molar-refractivity contribution < 1.29 is 4.79 Å². The maximum Gasteiger partial charge on any atom is 0.237 e. The Balaban J connectivity index is 2.42. The van der Waals surface area contributed by atoms with E-state index in [0.717, 1.165) is 5.03 Å². The molecule has 0 spiro atoms. The number of carbonyl (C=O) groups excluding carboxylic acids is 1. The summed E-state index contributed by atoms with van der Waals surface area (Å²) in [7, 11) is 0. The number of fused-ring (bicyclic) bond motifs is 1. The summed E-state index contributed by atoms with van der Waals surface area (Å²) in [6.45, 7) is 1.82. The molecule has 1 N–H and O–H groups in total. The number of nitrogens with zero attached hydrogens (tertiary/aromatic N) is 2. The Morgan fingerprint density at radius 2 is 2.46 bits per heavy atom. The highest BCUT2D eigenvalue weighted by molar-refractivity contribution is 8.00. The van der Waals surface area contributed by atoms with Gasteiger partial charge >= 0.3 is 0 Å². The van der Waals surface area contributed by atoms with E-state index in [2.05, 4.69) is 15.3 Å². The van der Waals surface area contributed by atoms with Gasteiger partial charge in [0.05, 0.1) is 17.1 Å². The molecule has 2 heterocycles. The van der Waals surface area contributed by atoms with Crippen molar-refractivity contribution in [2.75, 3.05) is 5.32 Å². The van der Waals surface area contributed by atoms with E-state index in [1.807, 2.05) is 6.92 Å². The zero-order valence-electron chi connectivity index (χ0n) is 6.74. The highest BCUT2D eigenvalue weighted by Gasteiger charge is 2.24. The van der Waals surface area contributed by atoms with Gasteiger partial charge in [0.2, 0.25) is 11.2 Å². The van der Waals surface area contributed by atoms with E-state index in [9.17, 15) is 4.79 Å². The van der Waals surface area contributed by atoms with Crippen molar-refractivity contribution in [1.82, 2.24) is 9.97 Å². The molecule has 0 aliphatic carbocycles. The average Bonchev–Trinajstić information content (AvgIpc) is 2.08. The van der Waals surface area contributed by atoms with Crippen molar-refractivity contribution >= 4 is 35.0 Å². The number of hydrogen-bond acceptors (Lipinski definition) is 4. The van der Waals surface area contributed by atoms with Crippen LogP contribution in [0, 0.1) is 0 Å². The van der Waals surface area contributed by atoms with Crippen LogP contribution in [0.15, 0.2) is 11.2 Å². The molecular formula is C7H6ClN3OS. The minimum atomic E-state index is -0.126. The number of aromatic nitrogens is 2. The number of anilines is 1. The minimum Gasteiger partial charge on any atom is -0.322 e. The molecule has 2 rings (SSSR count). The molecule has 68 valence electrons. The van der Waals surface area contributed by atoms with Crippen LogP contribution in [-0.4, -0.2) is 21.1 Å². The second-order valence-electron chi connectivity index (χ2n) is 2.61. The first-order valence-electron chi connectivity index (χ1n) is 3.67. The molecule has 4 nitrogen and oxygen atoms in total. The van der Waals surface area contributed by atoms with E-state index in [-0.39, 0.29) is 16.4 Å². The molecule has 1 unspecified atom stereocenters. The summed E-state index contributed by atoms with van der Waals surface area (Å²) in [5.41, 5.74) is 0.637. The Morgan fingerprint density at radius 3 is 3.23 bits per heavy atom. The van der Waals surface area contributed by atoms with Gasteiger partial charge in [0.15, 0.2) is 0 Å². The Labute approximate surface area is 84.1 Å². The van der Waals surface area contributed by atoms with Crippen LogP contribution < -0.4 is 5.32 Å². The largest absolute Gasteiger partial charge is 0.322 e. The topological polar surface area (TPSA) is 54.9 Å². The fourth-order valence-corrected chi connectivity index (χ4v) is 2.03. The SMILES string of the molecule is CC1Sc2nc(Cl)ncc2NC1=O. The summed E-state index contributed by atoms with van der Waals surface area (Å²) in [4.78, 5) is 19.0. The Kier molecular flexibility index (Phi) is 2.13. The van der Waals surface area contributed by atoms with Crippen molar-refractivity contribution in [2.45, 2.75) is 17.2 Å². The number of halogens is 1. The van der Waals surface area contributed by atoms with Crippen molar-refractivity contribution in [1.29, 1.82) is 0 Å². The zero-order chi connectivity index (χ0) is 9.42. The van der Waals surface area contributed by atoms with Crippen molar-refractivity contribution in [3.05, 3.63) is 11.5 Å². The van der Waals surface area contributed by atoms with Crippen LogP contribution in [0.2, 0.25) is 5.28 Å². The van der Waals surface area contributed by atoms with E-state index < -0.39 is 0 Å². The molecule has 0 saturated carbocycles. The predicted octanol–water partition coefficient (Wildman–Crippen LogP) is 1.56. The zero-order valence-corrected chi connectivity index (χ0v) is 8.32. The van der Waals surface area contributed by atoms with Crippen LogP contribution in [0.1, 0.15) is 6.92 Å². The molecular weight excluding hydrogens is 210 g/mol. The third-order valence-corrected chi connectivity index (χ3v) is 2.92. The highest BCUT2D eigenvalue weighted by Crippen LogP contribution is 2.33. The summed E-state index contributed by atoms with van der Waals surface area (Å²) in [5.74, 6) is -0.0246. The lowest BCUT2D eigenvalue weighted by molar-refractivity contribution is -0.115. The van der Waals surface area contributed by atoms with Gasteiger partial charge < -0.3 is 5.32 Å². The van der Waals surface area contributed by atoms with Crippen molar-refractivity contribution in [3.63, 3.8) is 0 Å². The second-order valence-corrected chi connectivity index (χ2v) is 4.27. The Bertz CT molecular complexity index is 371. The predicted molar refractivity (Wildman–Crippen MR) is 51.0 cm³/mol. The molecule has 6 heteroatoms. The smallest absolute Gasteiger partial charge is 0.237 e. The molecule has 1 aliphatic rings. The number of carbonyl (C=O) groups is 1. The molecule has 1 aliphatic heterocycles. The van der Waals surface area contributed by atoms with E-state index in [0.29, 0.717) is 5.69 Å². The normalized spacial score (nSPS) is 20.8. The van der Waals surface area contributed by atoms with Crippen LogP contribution in [0.25, 0.3) is 0 Å². The molecule has 1 amide bonds. The number of amides is 1. The molecule has 0 fully saturated rings. The lowest BCUT2D eigenvalue weighted by Gasteiger charge is -2.19. The Morgan fingerprint density at radius 1 is 1.69 bits per heavy atom. The van der Waals surface area contributed by atoms with Gasteiger partial charge in [-0.3, -0.25) is 4.79 Å². The summed E-state index contributed by atoms with van der Waals surface area (Å²) in [5, 5.41) is 3.50. The quantitative estimate of drug-likeness (QED) is 0.527. The van der Waals surface area contributed by atoms with E-state index in [4.69, 9.17) is 11.6 Å². The van der Waals surface area contributed by atoms with Gasteiger partial charge in [0.1, 0.15) is 5.03 Å². The monoisotopic (exact) mass is 215 g/mol.